The minimum atomic E-state index is 0.581. The SMILES string of the molecule is c1ccc(-c2cccc(-c3nc(-c4ccccc4)nc(-c4cccc5c4-c4cccc6c(-c7ccc(N(c8ccccc8)c8ccccc8)cc7)ccc(c46)O5)n3)c2)cc1. The molecule has 11 rings (SSSR count). The first-order chi connectivity index (χ1) is 29.7. The van der Waals surface area contributed by atoms with Gasteiger partial charge in [0.2, 0.25) is 0 Å². The van der Waals surface area contributed by atoms with Gasteiger partial charge in [-0.15, -0.1) is 0 Å². The van der Waals surface area contributed by atoms with Gasteiger partial charge in [-0.3, -0.25) is 0 Å². The first-order valence-electron chi connectivity index (χ1n) is 20.1. The fourth-order valence-corrected chi connectivity index (χ4v) is 8.32. The average molecular weight is 769 g/mol. The number of anilines is 3. The maximum atomic E-state index is 6.77. The molecule has 1 aromatic heterocycles. The van der Waals surface area contributed by atoms with Gasteiger partial charge in [0.25, 0.3) is 0 Å². The number of ether oxygens (including phenoxy) is 1. The van der Waals surface area contributed by atoms with Crippen molar-refractivity contribution in [3.8, 4) is 79.0 Å². The second-order valence-corrected chi connectivity index (χ2v) is 14.8. The first kappa shape index (κ1) is 35.0. The second-order valence-electron chi connectivity index (χ2n) is 14.8. The molecule has 2 heterocycles. The van der Waals surface area contributed by atoms with Crippen molar-refractivity contribution in [1.29, 1.82) is 0 Å². The third-order valence-corrected chi connectivity index (χ3v) is 11.1. The molecule has 0 N–H and O–H groups in total. The highest BCUT2D eigenvalue weighted by Crippen LogP contribution is 2.51. The van der Waals surface area contributed by atoms with E-state index < -0.39 is 0 Å². The van der Waals surface area contributed by atoms with Crippen molar-refractivity contribution < 1.29 is 4.74 Å². The van der Waals surface area contributed by atoms with Crippen molar-refractivity contribution in [3.63, 3.8) is 0 Å². The van der Waals surface area contributed by atoms with Gasteiger partial charge in [0.15, 0.2) is 17.5 Å². The number of nitrogens with zero attached hydrogens (tertiary/aromatic N) is 4. The van der Waals surface area contributed by atoms with Crippen LogP contribution in [0, 0.1) is 0 Å². The Morgan fingerprint density at radius 3 is 1.55 bits per heavy atom. The highest BCUT2D eigenvalue weighted by molar-refractivity contribution is 6.11. The van der Waals surface area contributed by atoms with Crippen LogP contribution in [0.4, 0.5) is 17.1 Å². The lowest BCUT2D eigenvalue weighted by atomic mass is 9.88. The van der Waals surface area contributed by atoms with Crippen molar-refractivity contribution in [2.75, 3.05) is 4.90 Å². The monoisotopic (exact) mass is 768 g/mol. The third kappa shape index (κ3) is 6.35. The summed E-state index contributed by atoms with van der Waals surface area (Å²) in [4.78, 5) is 17.7. The lowest BCUT2D eigenvalue weighted by molar-refractivity contribution is 0.487. The van der Waals surface area contributed by atoms with Gasteiger partial charge in [0.1, 0.15) is 11.5 Å². The zero-order valence-corrected chi connectivity index (χ0v) is 32.5. The van der Waals surface area contributed by atoms with Crippen molar-refractivity contribution in [1.82, 2.24) is 15.0 Å². The summed E-state index contributed by atoms with van der Waals surface area (Å²) in [5, 5.41) is 2.17. The van der Waals surface area contributed by atoms with Crippen LogP contribution < -0.4 is 9.64 Å². The highest BCUT2D eigenvalue weighted by atomic mass is 16.5. The van der Waals surface area contributed by atoms with Crippen LogP contribution in [0.5, 0.6) is 11.5 Å². The van der Waals surface area contributed by atoms with E-state index >= 15 is 0 Å². The molecule has 0 bridgehead atoms. The Labute approximate surface area is 348 Å². The summed E-state index contributed by atoms with van der Waals surface area (Å²) in [6, 6.07) is 75.6. The molecular weight excluding hydrogens is 733 g/mol. The summed E-state index contributed by atoms with van der Waals surface area (Å²) in [7, 11) is 0. The van der Waals surface area contributed by atoms with E-state index in [1.807, 2.05) is 60.7 Å². The average Bonchev–Trinajstić information content (AvgIpc) is 3.33. The number of hydrogen-bond acceptors (Lipinski definition) is 5. The van der Waals surface area contributed by atoms with Gasteiger partial charge in [-0.05, 0) is 87.8 Å². The van der Waals surface area contributed by atoms with Gasteiger partial charge < -0.3 is 9.64 Å². The summed E-state index contributed by atoms with van der Waals surface area (Å²) < 4.78 is 6.77. The van der Waals surface area contributed by atoms with E-state index in [2.05, 4.69) is 163 Å². The van der Waals surface area contributed by atoms with Crippen LogP contribution >= 0.6 is 0 Å². The zero-order chi connectivity index (χ0) is 39.8. The molecule has 0 fully saturated rings. The largest absolute Gasteiger partial charge is 0.456 e. The molecule has 60 heavy (non-hydrogen) atoms. The summed E-state index contributed by atoms with van der Waals surface area (Å²) in [6.07, 6.45) is 0. The predicted octanol–water partition coefficient (Wildman–Crippen LogP) is 14.6. The van der Waals surface area contributed by atoms with Gasteiger partial charge >= 0.3 is 0 Å². The summed E-state index contributed by atoms with van der Waals surface area (Å²) in [5.74, 6) is 3.38. The number of aromatic nitrogens is 3. The molecule has 0 unspecified atom stereocenters. The van der Waals surface area contributed by atoms with E-state index in [-0.39, 0.29) is 0 Å². The quantitative estimate of drug-likeness (QED) is 0.154. The Hall–Kier alpha value is -8.15. The number of para-hydroxylation sites is 2. The Morgan fingerprint density at radius 2 is 0.850 bits per heavy atom. The first-order valence-corrected chi connectivity index (χ1v) is 20.1. The minimum Gasteiger partial charge on any atom is -0.456 e. The lowest BCUT2D eigenvalue weighted by Gasteiger charge is -2.26. The van der Waals surface area contributed by atoms with Crippen LogP contribution in [0.3, 0.4) is 0 Å². The smallest absolute Gasteiger partial charge is 0.164 e. The van der Waals surface area contributed by atoms with E-state index in [0.29, 0.717) is 17.5 Å². The molecule has 0 amide bonds. The van der Waals surface area contributed by atoms with Crippen LogP contribution in [-0.2, 0) is 0 Å². The van der Waals surface area contributed by atoms with Crippen LogP contribution in [0.15, 0.2) is 218 Å². The van der Waals surface area contributed by atoms with E-state index in [9.17, 15) is 0 Å². The third-order valence-electron chi connectivity index (χ3n) is 11.1. The van der Waals surface area contributed by atoms with E-state index in [1.54, 1.807) is 0 Å². The maximum absolute atomic E-state index is 6.77. The standard InChI is InChI=1S/C55H36N4O/c1-5-16-37(17-6-1)40-20-13-21-41(36-40)54-56-53(39-18-7-2-8-19-39)57-55(58-54)48-28-15-29-49-52(48)47-27-14-26-46-45(34-35-50(60-49)51(46)47)38-30-32-44(33-31-38)59(42-22-9-3-10-23-42)43-24-11-4-12-25-43/h1-36H. The van der Waals surface area contributed by atoms with Crippen molar-refractivity contribution in [2.45, 2.75) is 0 Å². The molecule has 0 atom stereocenters. The second kappa shape index (κ2) is 15.0. The molecule has 0 aliphatic carbocycles. The molecule has 282 valence electrons. The highest BCUT2D eigenvalue weighted by Gasteiger charge is 2.26. The van der Waals surface area contributed by atoms with Gasteiger partial charge in [-0.25, -0.2) is 15.0 Å². The number of fused-ring (bicyclic) bond motifs is 2. The summed E-state index contributed by atoms with van der Waals surface area (Å²) in [6.45, 7) is 0. The number of hydrogen-bond donors (Lipinski definition) is 0. The van der Waals surface area contributed by atoms with Gasteiger partial charge in [0.05, 0.1) is 0 Å². The molecule has 9 aromatic carbocycles. The van der Waals surface area contributed by atoms with Gasteiger partial charge in [0, 0.05) is 44.7 Å². The molecular formula is C55H36N4O. The normalized spacial score (nSPS) is 11.5. The number of benzene rings is 9. The van der Waals surface area contributed by atoms with Gasteiger partial charge in [-0.2, -0.15) is 0 Å². The van der Waals surface area contributed by atoms with Crippen LogP contribution in [0.1, 0.15) is 0 Å². The van der Waals surface area contributed by atoms with Crippen LogP contribution in [0.2, 0.25) is 0 Å². The Bertz CT molecular complexity index is 3110. The Morgan fingerprint density at radius 1 is 0.317 bits per heavy atom. The lowest BCUT2D eigenvalue weighted by Crippen LogP contribution is -2.09. The molecule has 0 saturated carbocycles. The van der Waals surface area contributed by atoms with Gasteiger partial charge in [-0.1, -0.05) is 164 Å². The van der Waals surface area contributed by atoms with Crippen molar-refractivity contribution in [3.05, 3.63) is 218 Å². The van der Waals surface area contributed by atoms with Crippen molar-refractivity contribution >= 4 is 27.8 Å². The zero-order valence-electron chi connectivity index (χ0n) is 32.5. The molecule has 5 heteroatoms. The maximum Gasteiger partial charge on any atom is 0.164 e. The fourth-order valence-electron chi connectivity index (χ4n) is 8.32. The Kier molecular flexibility index (Phi) is 8.75. The van der Waals surface area contributed by atoms with Crippen LogP contribution in [-0.4, -0.2) is 15.0 Å². The molecule has 0 spiro atoms. The van der Waals surface area contributed by atoms with Crippen LogP contribution in [0.25, 0.3) is 78.3 Å². The Balaban J connectivity index is 1.03. The molecule has 1 aliphatic heterocycles. The summed E-state index contributed by atoms with van der Waals surface area (Å²) in [5.41, 5.74) is 12.5. The topological polar surface area (TPSA) is 51.1 Å². The number of rotatable bonds is 8. The molecule has 1 aliphatic rings. The van der Waals surface area contributed by atoms with E-state index in [4.69, 9.17) is 19.7 Å². The molecule has 5 nitrogen and oxygen atoms in total. The van der Waals surface area contributed by atoms with E-state index in [0.717, 1.165) is 89.4 Å². The van der Waals surface area contributed by atoms with Crippen molar-refractivity contribution in [2.24, 2.45) is 0 Å². The molecule has 0 radical (unpaired) electrons. The summed E-state index contributed by atoms with van der Waals surface area (Å²) >= 11 is 0. The predicted molar refractivity (Wildman–Crippen MR) is 245 cm³/mol. The molecule has 10 aromatic rings. The minimum absolute atomic E-state index is 0.581. The fraction of sp³-hybridized carbons (Fsp3) is 0. The van der Waals surface area contributed by atoms with E-state index in [1.165, 1.54) is 0 Å². The molecule has 0 saturated heterocycles.